The highest BCUT2D eigenvalue weighted by molar-refractivity contribution is 5.70. The number of rotatable bonds is 0. The highest BCUT2D eigenvalue weighted by atomic mass is 16.6. The predicted octanol–water partition coefficient (Wildman–Crippen LogP) is -0.428. The Morgan fingerprint density at radius 2 is 2.50 bits per heavy atom. The molecule has 0 aromatic rings. The van der Waals surface area contributed by atoms with Crippen molar-refractivity contribution in [2.75, 3.05) is 13.2 Å². The number of hydrogen-bond acceptors (Lipinski definition) is 3. The number of nitrogens with zero attached hydrogens (tertiary/aromatic N) is 1. The molecule has 2 rings (SSSR count). The van der Waals surface area contributed by atoms with Gasteiger partial charge in [0.1, 0.15) is 6.61 Å². The van der Waals surface area contributed by atoms with Crippen molar-refractivity contribution >= 4 is 6.09 Å². The summed E-state index contributed by atoms with van der Waals surface area (Å²) >= 11 is 0. The van der Waals surface area contributed by atoms with Crippen LogP contribution in [0, 0.1) is 0 Å². The number of amides is 1. The number of carbonyl (C=O) groups excluding carboxylic acids is 1. The van der Waals surface area contributed by atoms with Crippen LogP contribution in [0.1, 0.15) is 6.42 Å². The van der Waals surface area contributed by atoms with E-state index < -0.39 is 0 Å². The van der Waals surface area contributed by atoms with E-state index in [1.807, 2.05) is 0 Å². The number of cyclic esters (lactones) is 1. The van der Waals surface area contributed by atoms with Gasteiger partial charge in [-0.2, -0.15) is 0 Å². The second-order valence-corrected chi connectivity index (χ2v) is 2.69. The van der Waals surface area contributed by atoms with Gasteiger partial charge in [0.25, 0.3) is 0 Å². The molecule has 10 heavy (non-hydrogen) atoms. The molecule has 2 atom stereocenters. The molecule has 0 aromatic heterocycles. The molecule has 0 saturated carbocycles. The molecular formula is C6H9NO3. The van der Waals surface area contributed by atoms with Gasteiger partial charge < -0.3 is 9.84 Å². The second-order valence-electron chi connectivity index (χ2n) is 2.69. The van der Waals surface area contributed by atoms with E-state index in [-0.39, 0.29) is 18.2 Å². The fraction of sp³-hybridized carbons (Fsp3) is 0.833. The molecule has 1 amide bonds. The average molecular weight is 143 g/mol. The predicted molar refractivity (Wildman–Crippen MR) is 32.5 cm³/mol. The summed E-state index contributed by atoms with van der Waals surface area (Å²) in [5.74, 6) is 0. The van der Waals surface area contributed by atoms with Crippen molar-refractivity contribution in [1.82, 2.24) is 4.90 Å². The van der Waals surface area contributed by atoms with Crippen molar-refractivity contribution in [3.05, 3.63) is 0 Å². The van der Waals surface area contributed by atoms with E-state index in [1.165, 1.54) is 0 Å². The minimum Gasteiger partial charge on any atom is -0.447 e. The average Bonchev–Trinajstić information content (AvgIpc) is 2.41. The highest BCUT2D eigenvalue weighted by Gasteiger charge is 2.42. The number of aliphatic hydroxyl groups is 1. The minimum absolute atomic E-state index is 0.0625. The quantitative estimate of drug-likeness (QED) is 0.500. The highest BCUT2D eigenvalue weighted by Crippen LogP contribution is 2.23. The lowest BCUT2D eigenvalue weighted by Gasteiger charge is -2.11. The molecule has 2 heterocycles. The van der Waals surface area contributed by atoms with Gasteiger partial charge in [-0.05, 0) is 6.42 Å². The zero-order valence-corrected chi connectivity index (χ0v) is 5.49. The van der Waals surface area contributed by atoms with Crippen molar-refractivity contribution < 1.29 is 14.6 Å². The minimum atomic E-state index is -0.369. The third kappa shape index (κ3) is 0.623. The molecule has 0 spiro atoms. The van der Waals surface area contributed by atoms with E-state index in [9.17, 15) is 9.90 Å². The molecule has 0 radical (unpaired) electrons. The summed E-state index contributed by atoms with van der Waals surface area (Å²) in [6.07, 6.45) is 0.0488. The van der Waals surface area contributed by atoms with Gasteiger partial charge in [-0.25, -0.2) is 4.79 Å². The first-order chi connectivity index (χ1) is 4.79. The Kier molecular flexibility index (Phi) is 1.11. The van der Waals surface area contributed by atoms with Crippen molar-refractivity contribution in [1.29, 1.82) is 0 Å². The normalized spacial score (nSPS) is 38.1. The summed E-state index contributed by atoms with van der Waals surface area (Å²) in [4.78, 5) is 12.4. The van der Waals surface area contributed by atoms with Crippen LogP contribution in [0.5, 0.6) is 0 Å². The number of carbonyl (C=O) groups is 1. The smallest absolute Gasteiger partial charge is 0.410 e. The summed E-state index contributed by atoms with van der Waals surface area (Å²) < 4.78 is 4.72. The third-order valence-corrected chi connectivity index (χ3v) is 2.12. The van der Waals surface area contributed by atoms with Crippen molar-refractivity contribution in [3.8, 4) is 0 Å². The van der Waals surface area contributed by atoms with Crippen LogP contribution in [0.15, 0.2) is 0 Å². The summed E-state index contributed by atoms with van der Waals surface area (Å²) in [7, 11) is 0. The van der Waals surface area contributed by atoms with Crippen molar-refractivity contribution in [2.45, 2.75) is 18.6 Å². The first kappa shape index (κ1) is 5.97. The number of ether oxygens (including phenoxy) is 1. The van der Waals surface area contributed by atoms with E-state index in [1.54, 1.807) is 4.90 Å². The molecule has 2 aliphatic heterocycles. The maximum atomic E-state index is 10.8. The number of aliphatic hydroxyl groups excluding tert-OH is 1. The Morgan fingerprint density at radius 1 is 1.70 bits per heavy atom. The SMILES string of the molecule is O=C1OC[C@H]2[C@@H](O)CCN12. The summed E-state index contributed by atoms with van der Waals surface area (Å²) in [6, 6.07) is -0.0625. The van der Waals surface area contributed by atoms with Gasteiger partial charge in [0.2, 0.25) is 0 Å². The Balaban J connectivity index is 2.16. The monoisotopic (exact) mass is 143 g/mol. The number of fused-ring (bicyclic) bond motifs is 1. The largest absolute Gasteiger partial charge is 0.447 e. The summed E-state index contributed by atoms with van der Waals surface area (Å²) in [5, 5.41) is 9.24. The Labute approximate surface area is 58.4 Å². The second kappa shape index (κ2) is 1.85. The molecule has 4 nitrogen and oxygen atoms in total. The van der Waals surface area contributed by atoms with Gasteiger partial charge in [0, 0.05) is 6.54 Å². The molecule has 2 aliphatic rings. The van der Waals surface area contributed by atoms with E-state index in [0.717, 1.165) is 0 Å². The maximum Gasteiger partial charge on any atom is 0.410 e. The molecule has 2 fully saturated rings. The van der Waals surface area contributed by atoms with Crippen LogP contribution in [0.4, 0.5) is 4.79 Å². The van der Waals surface area contributed by atoms with E-state index in [2.05, 4.69) is 0 Å². The first-order valence-electron chi connectivity index (χ1n) is 3.40. The van der Waals surface area contributed by atoms with Crippen LogP contribution >= 0.6 is 0 Å². The molecule has 0 aromatic carbocycles. The van der Waals surface area contributed by atoms with Crippen LogP contribution in [-0.2, 0) is 4.74 Å². The molecule has 0 unspecified atom stereocenters. The van der Waals surface area contributed by atoms with Crippen LogP contribution < -0.4 is 0 Å². The maximum absolute atomic E-state index is 10.8. The molecule has 2 saturated heterocycles. The van der Waals surface area contributed by atoms with Crippen LogP contribution in [0.25, 0.3) is 0 Å². The zero-order valence-electron chi connectivity index (χ0n) is 5.49. The molecule has 56 valence electrons. The van der Waals surface area contributed by atoms with E-state index >= 15 is 0 Å². The third-order valence-electron chi connectivity index (χ3n) is 2.12. The Hall–Kier alpha value is -0.770. The lowest BCUT2D eigenvalue weighted by Crippen LogP contribution is -2.32. The van der Waals surface area contributed by atoms with E-state index in [0.29, 0.717) is 19.6 Å². The number of hydrogen-bond donors (Lipinski definition) is 1. The summed E-state index contributed by atoms with van der Waals surface area (Å²) in [6.45, 7) is 1.00. The molecule has 4 heteroatoms. The van der Waals surface area contributed by atoms with Crippen molar-refractivity contribution in [2.24, 2.45) is 0 Å². The summed E-state index contributed by atoms with van der Waals surface area (Å²) in [5.41, 5.74) is 0. The Bertz CT molecular complexity index is 170. The zero-order chi connectivity index (χ0) is 7.14. The fourth-order valence-electron chi connectivity index (χ4n) is 1.50. The molecule has 0 bridgehead atoms. The molecule has 1 N–H and O–H groups in total. The van der Waals surface area contributed by atoms with Gasteiger partial charge in [-0.1, -0.05) is 0 Å². The fourth-order valence-corrected chi connectivity index (χ4v) is 1.50. The first-order valence-corrected chi connectivity index (χ1v) is 3.40. The van der Waals surface area contributed by atoms with Gasteiger partial charge in [-0.15, -0.1) is 0 Å². The van der Waals surface area contributed by atoms with E-state index in [4.69, 9.17) is 4.74 Å². The molecular weight excluding hydrogens is 134 g/mol. The topological polar surface area (TPSA) is 49.8 Å². The van der Waals surface area contributed by atoms with Crippen LogP contribution in [-0.4, -0.2) is 41.4 Å². The van der Waals surface area contributed by atoms with Crippen LogP contribution in [0.3, 0.4) is 0 Å². The molecule has 0 aliphatic carbocycles. The lowest BCUT2D eigenvalue weighted by molar-refractivity contribution is 0.132. The van der Waals surface area contributed by atoms with Gasteiger partial charge >= 0.3 is 6.09 Å². The van der Waals surface area contributed by atoms with Gasteiger partial charge in [0.05, 0.1) is 12.1 Å². The van der Waals surface area contributed by atoms with Crippen LogP contribution in [0.2, 0.25) is 0 Å². The van der Waals surface area contributed by atoms with Gasteiger partial charge in [0.15, 0.2) is 0 Å². The Morgan fingerprint density at radius 3 is 3.20 bits per heavy atom. The standard InChI is InChI=1S/C6H9NO3/c8-5-1-2-7-4(5)3-10-6(7)9/h4-5,8H,1-3H2/t4-,5-/m0/s1. The van der Waals surface area contributed by atoms with Crippen molar-refractivity contribution in [3.63, 3.8) is 0 Å². The van der Waals surface area contributed by atoms with Gasteiger partial charge in [-0.3, -0.25) is 4.90 Å². The lowest BCUT2D eigenvalue weighted by atomic mass is 10.2.